The van der Waals surface area contributed by atoms with Gasteiger partial charge < -0.3 is 15.8 Å². The van der Waals surface area contributed by atoms with E-state index in [4.69, 9.17) is 5.84 Å². The van der Waals surface area contributed by atoms with Gasteiger partial charge in [-0.15, -0.1) is 0 Å². The van der Waals surface area contributed by atoms with Gasteiger partial charge in [0.25, 0.3) is 0 Å². The van der Waals surface area contributed by atoms with E-state index in [0.717, 1.165) is 5.56 Å². The van der Waals surface area contributed by atoms with Crippen LogP contribution in [0.5, 0.6) is 0 Å². The van der Waals surface area contributed by atoms with Gasteiger partial charge in [0, 0.05) is 6.07 Å². The van der Waals surface area contributed by atoms with Crippen molar-refractivity contribution in [2.75, 3.05) is 23.6 Å². The number of thioether (sulfide) groups is 1. The third-order valence-corrected chi connectivity index (χ3v) is 3.29. The molecule has 20 heavy (non-hydrogen) atoms. The van der Waals surface area contributed by atoms with Crippen LogP contribution in [-0.4, -0.2) is 27.9 Å². The zero-order valence-corrected chi connectivity index (χ0v) is 11.9. The number of hydrogen-bond donors (Lipinski definition) is 4. The first-order valence-electron chi connectivity index (χ1n) is 6.09. The standard InChI is InChI=1S/C13H17N5OS/c1-20-13-16-11(7-12(17-13)18-14)15-10(8-19)9-5-3-2-4-6-9/h2-7,10,19H,8,14H2,1H3,(H2,15,16,17,18). The first-order valence-corrected chi connectivity index (χ1v) is 7.31. The second-order valence-electron chi connectivity index (χ2n) is 4.06. The van der Waals surface area contributed by atoms with Crippen LogP contribution in [0.25, 0.3) is 0 Å². The number of hydrazine groups is 1. The molecule has 1 heterocycles. The van der Waals surface area contributed by atoms with Crippen LogP contribution in [0.1, 0.15) is 11.6 Å². The van der Waals surface area contributed by atoms with E-state index in [0.29, 0.717) is 16.8 Å². The fourth-order valence-electron chi connectivity index (χ4n) is 1.76. The Balaban J connectivity index is 2.23. The number of rotatable bonds is 6. The second kappa shape index (κ2) is 7.09. The maximum atomic E-state index is 9.54. The molecule has 0 radical (unpaired) electrons. The van der Waals surface area contributed by atoms with Crippen molar-refractivity contribution in [3.8, 4) is 0 Å². The van der Waals surface area contributed by atoms with Crippen LogP contribution in [0.2, 0.25) is 0 Å². The predicted molar refractivity (Wildman–Crippen MR) is 81.5 cm³/mol. The Labute approximate surface area is 121 Å². The Morgan fingerprint density at radius 1 is 1.25 bits per heavy atom. The van der Waals surface area contributed by atoms with Gasteiger partial charge in [0.05, 0.1) is 12.6 Å². The van der Waals surface area contributed by atoms with E-state index in [1.165, 1.54) is 11.8 Å². The first kappa shape index (κ1) is 14.6. The third kappa shape index (κ3) is 3.60. The largest absolute Gasteiger partial charge is 0.394 e. The number of hydrogen-bond acceptors (Lipinski definition) is 7. The van der Waals surface area contributed by atoms with Gasteiger partial charge in [-0.3, -0.25) is 0 Å². The molecule has 1 unspecified atom stereocenters. The molecule has 6 nitrogen and oxygen atoms in total. The molecule has 2 rings (SSSR count). The van der Waals surface area contributed by atoms with Gasteiger partial charge in [0.2, 0.25) is 0 Å². The molecular weight excluding hydrogens is 274 g/mol. The van der Waals surface area contributed by atoms with Gasteiger partial charge in [-0.25, -0.2) is 15.8 Å². The number of benzene rings is 1. The number of aromatic nitrogens is 2. The van der Waals surface area contributed by atoms with Crippen LogP contribution in [0.15, 0.2) is 41.6 Å². The molecular formula is C13H17N5OS. The number of anilines is 2. The Kier molecular flexibility index (Phi) is 5.16. The lowest BCUT2D eigenvalue weighted by Crippen LogP contribution is -2.17. The van der Waals surface area contributed by atoms with E-state index in [1.54, 1.807) is 6.07 Å². The summed E-state index contributed by atoms with van der Waals surface area (Å²) in [5.41, 5.74) is 3.49. The van der Waals surface area contributed by atoms with Crippen LogP contribution >= 0.6 is 11.8 Å². The summed E-state index contributed by atoms with van der Waals surface area (Å²) in [4.78, 5) is 8.54. The Morgan fingerprint density at radius 3 is 2.55 bits per heavy atom. The van der Waals surface area contributed by atoms with Crippen molar-refractivity contribution in [3.63, 3.8) is 0 Å². The van der Waals surface area contributed by atoms with Crippen molar-refractivity contribution in [1.29, 1.82) is 0 Å². The van der Waals surface area contributed by atoms with Crippen molar-refractivity contribution in [2.45, 2.75) is 11.2 Å². The number of nitrogens with one attached hydrogen (secondary N) is 2. The summed E-state index contributed by atoms with van der Waals surface area (Å²) in [6, 6.07) is 11.2. The molecule has 0 saturated heterocycles. The lowest BCUT2D eigenvalue weighted by molar-refractivity contribution is 0.276. The smallest absolute Gasteiger partial charge is 0.191 e. The number of aliphatic hydroxyl groups excluding tert-OH is 1. The van der Waals surface area contributed by atoms with Gasteiger partial charge in [-0.2, -0.15) is 0 Å². The minimum Gasteiger partial charge on any atom is -0.394 e. The highest BCUT2D eigenvalue weighted by molar-refractivity contribution is 7.98. The molecule has 0 saturated carbocycles. The molecule has 0 aliphatic rings. The summed E-state index contributed by atoms with van der Waals surface area (Å²) in [7, 11) is 0. The highest BCUT2D eigenvalue weighted by atomic mass is 32.2. The quantitative estimate of drug-likeness (QED) is 0.278. The Hall–Kier alpha value is -1.83. The molecule has 5 N–H and O–H groups in total. The fraction of sp³-hybridized carbons (Fsp3) is 0.231. The van der Waals surface area contributed by atoms with Gasteiger partial charge in [-0.1, -0.05) is 42.1 Å². The monoisotopic (exact) mass is 291 g/mol. The highest BCUT2D eigenvalue weighted by Crippen LogP contribution is 2.21. The lowest BCUT2D eigenvalue weighted by Gasteiger charge is -2.18. The topological polar surface area (TPSA) is 96.1 Å². The third-order valence-electron chi connectivity index (χ3n) is 2.74. The first-order chi connectivity index (χ1) is 9.76. The van der Waals surface area contributed by atoms with Gasteiger partial charge >= 0.3 is 0 Å². The predicted octanol–water partition coefficient (Wildman–Crippen LogP) is 1.63. The average molecular weight is 291 g/mol. The average Bonchev–Trinajstić information content (AvgIpc) is 2.53. The van der Waals surface area contributed by atoms with Crippen LogP contribution < -0.4 is 16.6 Å². The van der Waals surface area contributed by atoms with Gasteiger partial charge in [0.1, 0.15) is 11.6 Å². The second-order valence-corrected chi connectivity index (χ2v) is 4.83. The van der Waals surface area contributed by atoms with Crippen LogP contribution in [0, 0.1) is 0 Å². The highest BCUT2D eigenvalue weighted by Gasteiger charge is 2.12. The summed E-state index contributed by atoms with van der Waals surface area (Å²) in [6.07, 6.45) is 1.89. The maximum Gasteiger partial charge on any atom is 0.191 e. The summed E-state index contributed by atoms with van der Waals surface area (Å²) in [5, 5.41) is 13.3. The Bertz CT molecular complexity index is 529. The SMILES string of the molecule is CSc1nc(NN)cc(NC(CO)c2ccccc2)n1. The number of nitrogens with two attached hydrogens (primary N) is 1. The van der Waals surface area contributed by atoms with Crippen LogP contribution in [-0.2, 0) is 0 Å². The minimum absolute atomic E-state index is 0.0337. The van der Waals surface area contributed by atoms with Crippen molar-refractivity contribution in [3.05, 3.63) is 42.0 Å². The summed E-state index contributed by atoms with van der Waals surface area (Å²) >= 11 is 1.42. The van der Waals surface area contributed by atoms with E-state index >= 15 is 0 Å². The molecule has 0 amide bonds. The van der Waals surface area contributed by atoms with E-state index in [1.807, 2.05) is 36.6 Å². The molecule has 0 fully saturated rings. The molecule has 7 heteroatoms. The van der Waals surface area contributed by atoms with Crippen molar-refractivity contribution in [2.24, 2.45) is 5.84 Å². The van der Waals surface area contributed by atoms with E-state index < -0.39 is 0 Å². The zero-order valence-electron chi connectivity index (χ0n) is 11.1. The normalized spacial score (nSPS) is 11.9. The molecule has 0 aliphatic carbocycles. The minimum atomic E-state index is -0.230. The van der Waals surface area contributed by atoms with Crippen LogP contribution in [0.3, 0.4) is 0 Å². The molecule has 0 aliphatic heterocycles. The number of nitrogens with zero attached hydrogens (tertiary/aromatic N) is 2. The van der Waals surface area contributed by atoms with E-state index in [2.05, 4.69) is 20.7 Å². The molecule has 1 aromatic heterocycles. The van der Waals surface area contributed by atoms with Crippen LogP contribution in [0.4, 0.5) is 11.6 Å². The fourth-order valence-corrected chi connectivity index (χ4v) is 2.14. The van der Waals surface area contributed by atoms with E-state index in [9.17, 15) is 5.11 Å². The van der Waals surface area contributed by atoms with Crippen molar-refractivity contribution < 1.29 is 5.11 Å². The van der Waals surface area contributed by atoms with E-state index in [-0.39, 0.29) is 12.6 Å². The molecule has 0 spiro atoms. The molecule has 0 bridgehead atoms. The number of nitrogen functional groups attached to an aromatic ring is 1. The Morgan fingerprint density at radius 2 is 1.95 bits per heavy atom. The summed E-state index contributed by atoms with van der Waals surface area (Å²) < 4.78 is 0. The molecule has 1 atom stereocenters. The number of aliphatic hydroxyl groups is 1. The summed E-state index contributed by atoms with van der Waals surface area (Å²) in [6.45, 7) is -0.0337. The van der Waals surface area contributed by atoms with Gasteiger partial charge in [-0.05, 0) is 11.8 Å². The van der Waals surface area contributed by atoms with Gasteiger partial charge in [0.15, 0.2) is 5.16 Å². The zero-order chi connectivity index (χ0) is 14.4. The van der Waals surface area contributed by atoms with Crippen molar-refractivity contribution in [1.82, 2.24) is 9.97 Å². The van der Waals surface area contributed by atoms with Crippen molar-refractivity contribution >= 4 is 23.4 Å². The molecule has 106 valence electrons. The summed E-state index contributed by atoms with van der Waals surface area (Å²) in [5.74, 6) is 6.53. The molecule has 2 aromatic rings. The maximum absolute atomic E-state index is 9.54. The lowest BCUT2D eigenvalue weighted by atomic mass is 10.1. The molecule has 1 aromatic carbocycles.